The van der Waals surface area contributed by atoms with Crippen LogP contribution in [0.4, 0.5) is 0 Å². The van der Waals surface area contributed by atoms with Crippen LogP contribution < -0.4 is 71.2 Å². The number of nitrogens with zero attached hydrogens (tertiary/aromatic N) is 1. The third-order valence-electron chi connectivity index (χ3n) is 15.3. The van der Waals surface area contributed by atoms with Crippen LogP contribution in [-0.2, 0) is 65.6 Å². The SMILES string of the molecule is CC[C@H](C)[C@@H]1NC(=O)[C@H](Cc2c[nH]c3ccccc23)NC(=O)CC2(CCCCC2)SSC[C@@H](C(=O)N[C@H](Cc2c[nH]c3ccccc23)C(=O)N[C@H](CCCN=C(N)N)C(=O)N[C@H](C)C(N)=O)NC(=O)[C@H](CC(N)=O)NC(=O)[C@@H](CCC(N)=O)NC1=O. The molecule has 4 aromatic rings. The van der Waals surface area contributed by atoms with E-state index >= 15 is 4.79 Å². The highest BCUT2D eigenvalue weighted by Crippen LogP contribution is 2.48. The molecule has 466 valence electrons. The second-order valence-corrected chi connectivity index (χ2v) is 24.8. The number of primary amides is 3. The molecule has 1 aliphatic heterocycles. The Morgan fingerprint density at radius 1 is 0.686 bits per heavy atom. The molecule has 11 amide bonds. The van der Waals surface area contributed by atoms with Crippen molar-refractivity contribution < 1.29 is 52.7 Å². The molecule has 2 aliphatic rings. The summed E-state index contributed by atoms with van der Waals surface area (Å²) < 4.78 is -0.775. The molecule has 29 heteroatoms. The van der Waals surface area contributed by atoms with E-state index in [0.29, 0.717) is 41.3 Å². The van der Waals surface area contributed by atoms with E-state index in [1.807, 2.05) is 24.3 Å². The van der Waals surface area contributed by atoms with Gasteiger partial charge in [0.15, 0.2) is 5.96 Å². The van der Waals surface area contributed by atoms with Crippen molar-refractivity contribution in [2.75, 3.05) is 12.3 Å². The zero-order valence-corrected chi connectivity index (χ0v) is 50.1. The number of benzene rings is 2. The minimum atomic E-state index is -1.80. The number of nitrogens with one attached hydrogen (secondary N) is 10. The highest BCUT2D eigenvalue weighted by Gasteiger charge is 2.40. The average Bonchev–Trinajstić information content (AvgIpc) is 4.30. The van der Waals surface area contributed by atoms with Crippen LogP contribution in [0.1, 0.15) is 109 Å². The predicted molar refractivity (Wildman–Crippen MR) is 326 cm³/mol. The lowest BCUT2D eigenvalue weighted by atomic mass is 9.85. The number of aromatic amines is 2. The van der Waals surface area contributed by atoms with E-state index in [-0.39, 0.29) is 50.4 Å². The van der Waals surface area contributed by atoms with Crippen molar-refractivity contribution in [1.82, 2.24) is 52.5 Å². The monoisotopic (exact) mass is 1230 g/mol. The molecule has 2 aromatic heterocycles. The van der Waals surface area contributed by atoms with Gasteiger partial charge in [-0.1, -0.05) is 97.5 Å². The first-order valence-corrected chi connectivity index (χ1v) is 31.0. The molecule has 0 unspecified atom stereocenters. The standard InChI is InChI=1S/C57H80N16O11S2/c1-4-30(2)47-55(84)69-39(18-19-44(58)74)50(79)71-42(25-45(59)75)52(81)72-43(29-85-86-57(20-10-5-11-21-57)26-46(76)67-40(53(82)73-47)23-32-27-64-36-15-8-6-13-34(32)36)54(83)70-41(24-33-28-65-37-16-9-7-14-35(33)37)51(80)68-38(17-12-22-63-56(61)62)49(78)66-31(3)48(60)77/h6-9,13-16,27-28,30-31,38-43,47,64-65H,4-5,10-12,17-26,29H2,1-3H3,(H2,58,74)(H2,59,75)(H2,60,77)(H,66,78)(H,67,76)(H,68,80)(H,69,84)(H,70,83)(H,71,79)(H,72,81)(H,73,82)(H4,61,62,63)/t30-,31+,38+,39+,40-,41+,42-,43-,47-/m0/s1. The number of hydrogen-bond acceptors (Lipinski definition) is 14. The van der Waals surface area contributed by atoms with E-state index in [4.69, 9.17) is 28.7 Å². The van der Waals surface area contributed by atoms with Gasteiger partial charge in [-0.15, -0.1) is 0 Å². The van der Waals surface area contributed by atoms with Crippen molar-refractivity contribution in [2.24, 2.45) is 39.6 Å². The Labute approximate surface area is 505 Å². The van der Waals surface area contributed by atoms with Gasteiger partial charge >= 0.3 is 0 Å². The second kappa shape index (κ2) is 31.7. The van der Waals surface area contributed by atoms with Gasteiger partial charge in [-0.05, 0) is 68.2 Å². The molecule has 1 saturated heterocycles. The van der Waals surface area contributed by atoms with Gasteiger partial charge in [-0.25, -0.2) is 0 Å². The molecule has 86 heavy (non-hydrogen) atoms. The highest BCUT2D eigenvalue weighted by atomic mass is 33.1. The van der Waals surface area contributed by atoms with Crippen LogP contribution in [0, 0.1) is 5.92 Å². The molecule has 1 aliphatic carbocycles. The summed E-state index contributed by atoms with van der Waals surface area (Å²) >= 11 is 0. The van der Waals surface area contributed by atoms with Gasteiger partial charge in [-0.2, -0.15) is 0 Å². The fourth-order valence-corrected chi connectivity index (χ4v) is 13.7. The van der Waals surface area contributed by atoms with E-state index in [1.165, 1.54) is 17.7 Å². The van der Waals surface area contributed by atoms with E-state index < -0.39 is 143 Å². The number of nitrogens with two attached hydrogens (primary N) is 5. The van der Waals surface area contributed by atoms with Crippen LogP contribution in [0.25, 0.3) is 21.8 Å². The summed E-state index contributed by atoms with van der Waals surface area (Å²) in [5.41, 5.74) is 30.5. The van der Waals surface area contributed by atoms with Crippen molar-refractivity contribution >= 4 is 114 Å². The number of aliphatic imine (C=N–C) groups is 1. The summed E-state index contributed by atoms with van der Waals surface area (Å²) in [7, 11) is 2.46. The van der Waals surface area contributed by atoms with Gasteiger partial charge in [0.05, 0.1) is 6.42 Å². The Hall–Kier alpha value is -8.34. The minimum Gasteiger partial charge on any atom is -0.370 e. The van der Waals surface area contributed by atoms with Crippen LogP contribution in [0.3, 0.4) is 0 Å². The molecule has 1 saturated carbocycles. The molecular formula is C57H80N16O11S2. The van der Waals surface area contributed by atoms with E-state index in [0.717, 1.165) is 41.0 Å². The van der Waals surface area contributed by atoms with E-state index in [2.05, 4.69) is 57.5 Å². The van der Waals surface area contributed by atoms with E-state index in [1.54, 1.807) is 50.5 Å². The topological polar surface area (TPSA) is 458 Å². The molecule has 0 bridgehead atoms. The smallest absolute Gasteiger partial charge is 0.244 e. The summed E-state index contributed by atoms with van der Waals surface area (Å²) in [5, 5.41) is 23.0. The fraction of sp³-hybridized carbons (Fsp3) is 0.509. The maximum atomic E-state index is 15.1. The number of carbonyl (C=O) groups is 11. The first kappa shape index (κ1) is 66.8. The van der Waals surface area contributed by atoms with Crippen molar-refractivity contribution in [1.29, 1.82) is 0 Å². The Morgan fingerprint density at radius 3 is 1.92 bits per heavy atom. The quantitative estimate of drug-likeness (QED) is 0.0205. The van der Waals surface area contributed by atoms with Crippen LogP contribution in [-0.4, -0.2) is 146 Å². The first-order chi connectivity index (χ1) is 41.0. The highest BCUT2D eigenvalue weighted by molar-refractivity contribution is 8.77. The summed E-state index contributed by atoms with van der Waals surface area (Å²) in [5.74, 6) is -10.5. The van der Waals surface area contributed by atoms with E-state index in [9.17, 15) is 47.9 Å². The Kier molecular flexibility index (Phi) is 24.6. The van der Waals surface area contributed by atoms with Gasteiger partial charge in [0.2, 0.25) is 65.0 Å². The molecule has 9 atom stereocenters. The zero-order chi connectivity index (χ0) is 62.7. The maximum Gasteiger partial charge on any atom is 0.244 e. The molecule has 0 radical (unpaired) electrons. The van der Waals surface area contributed by atoms with Gasteiger partial charge in [0.25, 0.3) is 0 Å². The third kappa shape index (κ3) is 19.3. The minimum absolute atomic E-state index is 0.00775. The number of guanidine groups is 1. The maximum absolute atomic E-state index is 15.1. The lowest BCUT2D eigenvalue weighted by Gasteiger charge is -2.36. The lowest BCUT2D eigenvalue weighted by molar-refractivity contribution is -0.137. The Balaban J connectivity index is 1.40. The predicted octanol–water partition coefficient (Wildman–Crippen LogP) is -0.453. The van der Waals surface area contributed by atoms with Crippen molar-refractivity contribution in [3.63, 3.8) is 0 Å². The number of H-pyrrole nitrogens is 2. The molecule has 27 nitrogen and oxygen atoms in total. The van der Waals surface area contributed by atoms with Crippen LogP contribution >= 0.6 is 21.6 Å². The summed E-state index contributed by atoms with van der Waals surface area (Å²) in [6.45, 7) is 4.92. The van der Waals surface area contributed by atoms with Gasteiger partial charge in [-0.3, -0.25) is 57.7 Å². The van der Waals surface area contributed by atoms with Crippen LogP contribution in [0.2, 0.25) is 0 Å². The number of carbonyl (C=O) groups excluding carboxylic acids is 11. The van der Waals surface area contributed by atoms with Crippen LogP contribution in [0.5, 0.6) is 0 Å². The Morgan fingerprint density at radius 2 is 1.29 bits per heavy atom. The Bertz CT molecular complexity index is 3140. The average molecular weight is 1230 g/mol. The third-order valence-corrected chi connectivity index (χ3v) is 18.7. The summed E-state index contributed by atoms with van der Waals surface area (Å²) in [6.07, 6.45) is 5.41. The largest absolute Gasteiger partial charge is 0.370 e. The normalized spacial score (nSPS) is 21.4. The zero-order valence-electron chi connectivity index (χ0n) is 48.4. The lowest BCUT2D eigenvalue weighted by Crippen LogP contribution is -2.61. The molecule has 20 N–H and O–H groups in total. The number of para-hydroxylation sites is 2. The molecule has 6 rings (SSSR count). The fourth-order valence-electron chi connectivity index (χ4n) is 10.3. The second-order valence-electron chi connectivity index (χ2n) is 22.0. The molecule has 1 spiro atoms. The van der Waals surface area contributed by atoms with Crippen molar-refractivity contribution in [3.05, 3.63) is 72.1 Å². The summed E-state index contributed by atoms with van der Waals surface area (Å²) in [4.78, 5) is 164. The summed E-state index contributed by atoms with van der Waals surface area (Å²) in [6, 6.07) is 3.15. The molecule has 2 aromatic carbocycles. The van der Waals surface area contributed by atoms with Gasteiger partial charge in [0.1, 0.15) is 48.3 Å². The van der Waals surface area contributed by atoms with Crippen LogP contribution in [0.15, 0.2) is 65.9 Å². The molecule has 3 heterocycles. The number of amides is 11. The number of rotatable bonds is 22. The number of fused-ring (bicyclic) bond motifs is 2. The van der Waals surface area contributed by atoms with Gasteiger partial charge < -0.3 is 81.2 Å². The van der Waals surface area contributed by atoms with Gasteiger partial charge in [0, 0.05) is 76.9 Å². The van der Waals surface area contributed by atoms with Crippen molar-refractivity contribution in [2.45, 2.75) is 164 Å². The first-order valence-electron chi connectivity index (χ1n) is 28.7. The molecule has 2 fully saturated rings. The number of hydrogen-bond donors (Lipinski definition) is 15. The number of aromatic nitrogens is 2. The molecular weight excluding hydrogens is 1150 g/mol. The van der Waals surface area contributed by atoms with Crippen molar-refractivity contribution in [3.8, 4) is 0 Å².